The highest BCUT2D eigenvalue weighted by atomic mass is 16.5. The molecule has 0 unspecified atom stereocenters. The fraction of sp³-hybridized carbons (Fsp3) is 0.577. The number of aromatic nitrogens is 2. The predicted octanol–water partition coefficient (Wildman–Crippen LogP) is 4.16. The molecular formula is C26H34N4O3. The van der Waals surface area contributed by atoms with Gasteiger partial charge < -0.3 is 15.0 Å². The lowest BCUT2D eigenvalue weighted by Crippen LogP contribution is -2.67. The Labute approximate surface area is 195 Å². The standard InChI is InChI=1S/C26H34N4O3/c1-26(25(32)27-19-8-4-3-5-9-19)17-29-23(24(31)30(26)20-10-6-7-11-20)16-22(28-29)18-12-14-21(33-2)15-13-18/h12-16,19-20H,3-11,17H2,1-2H3,(H,27,32)/t26-/m0/s1. The molecule has 0 saturated heterocycles. The van der Waals surface area contributed by atoms with Crippen molar-refractivity contribution in [2.45, 2.75) is 88.9 Å². The van der Waals surface area contributed by atoms with Crippen molar-refractivity contribution in [1.82, 2.24) is 20.0 Å². The van der Waals surface area contributed by atoms with Gasteiger partial charge in [0, 0.05) is 17.6 Å². The topological polar surface area (TPSA) is 76.5 Å². The zero-order valence-corrected chi connectivity index (χ0v) is 19.7. The number of rotatable bonds is 5. The van der Waals surface area contributed by atoms with Crippen LogP contribution in [0.4, 0.5) is 0 Å². The van der Waals surface area contributed by atoms with Gasteiger partial charge in [0.1, 0.15) is 17.0 Å². The Morgan fingerprint density at radius 2 is 1.73 bits per heavy atom. The van der Waals surface area contributed by atoms with Crippen LogP contribution in [-0.4, -0.2) is 51.2 Å². The largest absolute Gasteiger partial charge is 0.497 e. The molecule has 2 amide bonds. The van der Waals surface area contributed by atoms with Gasteiger partial charge in [0.25, 0.3) is 5.91 Å². The number of hydrogen-bond acceptors (Lipinski definition) is 4. The number of fused-ring (bicyclic) bond motifs is 1. The molecule has 1 N–H and O–H groups in total. The summed E-state index contributed by atoms with van der Waals surface area (Å²) in [5.74, 6) is 0.654. The number of amides is 2. The second kappa shape index (κ2) is 8.84. The summed E-state index contributed by atoms with van der Waals surface area (Å²) >= 11 is 0. The first-order chi connectivity index (χ1) is 16.0. The van der Waals surface area contributed by atoms with Crippen LogP contribution in [0.15, 0.2) is 30.3 Å². The first-order valence-electron chi connectivity index (χ1n) is 12.4. The molecule has 1 aliphatic heterocycles. The first kappa shape index (κ1) is 22.0. The maximum atomic E-state index is 13.8. The van der Waals surface area contributed by atoms with Crippen LogP contribution in [0.1, 0.15) is 75.2 Å². The summed E-state index contributed by atoms with van der Waals surface area (Å²) in [7, 11) is 1.64. The van der Waals surface area contributed by atoms with Crippen molar-refractivity contribution in [3.8, 4) is 17.0 Å². The van der Waals surface area contributed by atoms with Gasteiger partial charge in [0.05, 0.1) is 19.3 Å². The highest BCUT2D eigenvalue weighted by Gasteiger charge is 2.51. The molecule has 0 spiro atoms. The lowest BCUT2D eigenvalue weighted by atomic mass is 9.90. The molecule has 2 heterocycles. The zero-order valence-electron chi connectivity index (χ0n) is 19.7. The third-order valence-corrected chi connectivity index (χ3v) is 7.71. The minimum atomic E-state index is -0.945. The van der Waals surface area contributed by atoms with Gasteiger partial charge >= 0.3 is 0 Å². The molecule has 7 nitrogen and oxygen atoms in total. The molecule has 0 bridgehead atoms. The van der Waals surface area contributed by atoms with E-state index in [4.69, 9.17) is 9.84 Å². The number of nitrogens with zero attached hydrogens (tertiary/aromatic N) is 3. The van der Waals surface area contributed by atoms with Crippen LogP contribution in [0.5, 0.6) is 5.75 Å². The van der Waals surface area contributed by atoms with Crippen LogP contribution < -0.4 is 10.1 Å². The van der Waals surface area contributed by atoms with Crippen molar-refractivity contribution in [3.05, 3.63) is 36.0 Å². The van der Waals surface area contributed by atoms with Crippen molar-refractivity contribution < 1.29 is 14.3 Å². The minimum Gasteiger partial charge on any atom is -0.497 e. The van der Waals surface area contributed by atoms with E-state index in [1.807, 2.05) is 42.2 Å². The quantitative estimate of drug-likeness (QED) is 0.742. The number of carbonyl (C=O) groups excluding carboxylic acids is 2. The molecule has 1 aromatic carbocycles. The normalized spacial score (nSPS) is 24.1. The lowest BCUT2D eigenvalue weighted by Gasteiger charge is -2.47. The Morgan fingerprint density at radius 1 is 1.06 bits per heavy atom. The third kappa shape index (κ3) is 4.02. The molecule has 2 fully saturated rings. The van der Waals surface area contributed by atoms with E-state index in [9.17, 15) is 9.59 Å². The molecule has 176 valence electrons. The van der Waals surface area contributed by atoms with Crippen molar-refractivity contribution >= 4 is 11.8 Å². The number of hydrogen-bond donors (Lipinski definition) is 1. The minimum absolute atomic E-state index is 0.0400. The predicted molar refractivity (Wildman–Crippen MR) is 126 cm³/mol. The van der Waals surface area contributed by atoms with Crippen LogP contribution >= 0.6 is 0 Å². The maximum Gasteiger partial charge on any atom is 0.273 e. The van der Waals surface area contributed by atoms with Crippen molar-refractivity contribution in [2.75, 3.05) is 7.11 Å². The van der Waals surface area contributed by atoms with E-state index in [0.717, 1.165) is 68.4 Å². The monoisotopic (exact) mass is 450 g/mol. The number of methoxy groups -OCH3 is 1. The maximum absolute atomic E-state index is 13.8. The summed E-state index contributed by atoms with van der Waals surface area (Å²) in [6.07, 6.45) is 9.71. The molecule has 1 atom stereocenters. The smallest absolute Gasteiger partial charge is 0.273 e. The van der Waals surface area contributed by atoms with Crippen LogP contribution in [0.25, 0.3) is 11.3 Å². The van der Waals surface area contributed by atoms with E-state index >= 15 is 0 Å². The first-order valence-corrected chi connectivity index (χ1v) is 12.4. The Bertz CT molecular complexity index is 1020. The average Bonchev–Trinajstić information content (AvgIpc) is 3.50. The molecule has 33 heavy (non-hydrogen) atoms. The molecule has 5 rings (SSSR count). The number of nitrogens with one attached hydrogen (secondary N) is 1. The van der Waals surface area contributed by atoms with E-state index in [1.54, 1.807) is 11.8 Å². The molecule has 2 saturated carbocycles. The van der Waals surface area contributed by atoms with Crippen LogP contribution in [-0.2, 0) is 11.3 Å². The van der Waals surface area contributed by atoms with Gasteiger partial charge in [0.15, 0.2) is 0 Å². The van der Waals surface area contributed by atoms with Gasteiger partial charge in [-0.25, -0.2) is 0 Å². The van der Waals surface area contributed by atoms with E-state index in [-0.39, 0.29) is 23.9 Å². The summed E-state index contributed by atoms with van der Waals surface area (Å²) < 4.78 is 7.00. The van der Waals surface area contributed by atoms with Gasteiger partial charge in [-0.2, -0.15) is 5.10 Å². The van der Waals surface area contributed by atoms with Crippen molar-refractivity contribution in [1.29, 1.82) is 0 Å². The Hall–Kier alpha value is -2.83. The highest BCUT2D eigenvalue weighted by Crippen LogP contribution is 2.37. The van der Waals surface area contributed by atoms with Gasteiger partial charge in [0.2, 0.25) is 5.91 Å². The fourth-order valence-corrected chi connectivity index (χ4v) is 5.83. The molecule has 2 aliphatic carbocycles. The summed E-state index contributed by atoms with van der Waals surface area (Å²) in [4.78, 5) is 29.4. The highest BCUT2D eigenvalue weighted by molar-refractivity contribution is 6.00. The van der Waals surface area contributed by atoms with Gasteiger partial charge in [-0.3, -0.25) is 14.3 Å². The molecule has 7 heteroatoms. The zero-order chi connectivity index (χ0) is 23.0. The Balaban J connectivity index is 1.48. The van der Waals surface area contributed by atoms with E-state index in [1.165, 1.54) is 6.42 Å². The fourth-order valence-electron chi connectivity index (χ4n) is 5.83. The number of carbonyl (C=O) groups is 2. The Morgan fingerprint density at radius 3 is 2.39 bits per heavy atom. The second-order valence-corrected chi connectivity index (χ2v) is 10.00. The van der Waals surface area contributed by atoms with Gasteiger partial charge in [-0.15, -0.1) is 0 Å². The van der Waals surface area contributed by atoms with E-state index in [2.05, 4.69) is 5.32 Å². The molecule has 3 aliphatic rings. The molecule has 2 aromatic rings. The number of benzene rings is 1. The summed E-state index contributed by atoms with van der Waals surface area (Å²) in [5, 5.41) is 8.06. The van der Waals surface area contributed by atoms with Crippen LogP contribution in [0, 0.1) is 0 Å². The molecule has 0 radical (unpaired) electrons. The van der Waals surface area contributed by atoms with Crippen molar-refractivity contribution in [3.63, 3.8) is 0 Å². The number of ether oxygens (including phenoxy) is 1. The van der Waals surface area contributed by atoms with Gasteiger partial charge in [-0.05, 0) is 62.9 Å². The van der Waals surface area contributed by atoms with Crippen LogP contribution in [0.2, 0.25) is 0 Å². The van der Waals surface area contributed by atoms with Crippen molar-refractivity contribution in [2.24, 2.45) is 0 Å². The second-order valence-electron chi connectivity index (χ2n) is 10.00. The lowest BCUT2D eigenvalue weighted by molar-refractivity contribution is -0.135. The van der Waals surface area contributed by atoms with E-state index < -0.39 is 5.54 Å². The molecule has 1 aromatic heterocycles. The average molecular weight is 451 g/mol. The molecular weight excluding hydrogens is 416 g/mol. The van der Waals surface area contributed by atoms with Crippen LogP contribution in [0.3, 0.4) is 0 Å². The third-order valence-electron chi connectivity index (χ3n) is 7.71. The van der Waals surface area contributed by atoms with E-state index in [0.29, 0.717) is 12.2 Å². The summed E-state index contributed by atoms with van der Waals surface area (Å²) in [6, 6.07) is 9.85. The summed E-state index contributed by atoms with van der Waals surface area (Å²) in [6.45, 7) is 2.30. The summed E-state index contributed by atoms with van der Waals surface area (Å²) in [5.41, 5.74) is 1.28. The Kier molecular flexibility index (Phi) is 5.89. The van der Waals surface area contributed by atoms with Gasteiger partial charge in [-0.1, -0.05) is 32.1 Å². The SMILES string of the molecule is COc1ccc(-c2cc3n(n2)C[C@@](C)(C(=O)NC2CCCCC2)N(C2CCCC2)C3=O)cc1.